The third kappa shape index (κ3) is 3.11. The fourth-order valence-corrected chi connectivity index (χ4v) is 1.87. The molecule has 1 aromatic carbocycles. The third-order valence-electron chi connectivity index (χ3n) is 3.10. The number of aliphatic hydroxyl groups excluding tert-OH is 1. The van der Waals surface area contributed by atoms with Crippen molar-refractivity contribution in [3.63, 3.8) is 0 Å². The Kier molecular flexibility index (Phi) is 3.86. The van der Waals surface area contributed by atoms with E-state index in [1.807, 2.05) is 18.2 Å². The molecular formula is C13H19NO3. The first-order valence-corrected chi connectivity index (χ1v) is 5.91. The molecule has 4 heteroatoms. The summed E-state index contributed by atoms with van der Waals surface area (Å²) in [5.41, 5.74) is 6.04. The van der Waals surface area contributed by atoms with Gasteiger partial charge in [0.25, 0.3) is 0 Å². The van der Waals surface area contributed by atoms with Gasteiger partial charge in [0, 0.05) is 12.1 Å². The topological polar surface area (TPSA) is 64.7 Å². The predicted molar refractivity (Wildman–Crippen MR) is 65.2 cm³/mol. The lowest BCUT2D eigenvalue weighted by Crippen LogP contribution is -2.43. The zero-order valence-electron chi connectivity index (χ0n) is 10.0. The molecule has 1 aliphatic carbocycles. The van der Waals surface area contributed by atoms with Crippen molar-refractivity contribution < 1.29 is 14.6 Å². The van der Waals surface area contributed by atoms with Crippen LogP contribution in [0.4, 0.5) is 0 Å². The second-order valence-corrected chi connectivity index (χ2v) is 4.43. The van der Waals surface area contributed by atoms with Crippen molar-refractivity contribution in [2.24, 2.45) is 11.7 Å². The number of benzene rings is 1. The van der Waals surface area contributed by atoms with Gasteiger partial charge in [-0.25, -0.2) is 0 Å². The largest absolute Gasteiger partial charge is 0.497 e. The van der Waals surface area contributed by atoms with Gasteiger partial charge in [-0.2, -0.15) is 0 Å². The summed E-state index contributed by atoms with van der Waals surface area (Å²) in [6, 6.07) is 7.24. The zero-order valence-corrected chi connectivity index (χ0v) is 10.0. The highest BCUT2D eigenvalue weighted by molar-refractivity contribution is 5.33. The summed E-state index contributed by atoms with van der Waals surface area (Å²) in [5.74, 6) is 1.91. The van der Waals surface area contributed by atoms with E-state index in [4.69, 9.17) is 15.2 Å². The lowest BCUT2D eigenvalue weighted by Gasteiger charge is -2.23. The van der Waals surface area contributed by atoms with Gasteiger partial charge in [0.15, 0.2) is 0 Å². The van der Waals surface area contributed by atoms with Gasteiger partial charge >= 0.3 is 0 Å². The molecule has 0 amide bonds. The van der Waals surface area contributed by atoms with Gasteiger partial charge in [-0.05, 0) is 30.9 Å². The van der Waals surface area contributed by atoms with Crippen LogP contribution in [0.5, 0.6) is 11.5 Å². The van der Waals surface area contributed by atoms with E-state index in [-0.39, 0.29) is 18.8 Å². The molecule has 2 rings (SSSR count). The van der Waals surface area contributed by atoms with Crippen LogP contribution in [0.2, 0.25) is 0 Å². The van der Waals surface area contributed by atoms with E-state index in [2.05, 4.69) is 0 Å². The van der Waals surface area contributed by atoms with Crippen molar-refractivity contribution in [1.29, 1.82) is 0 Å². The van der Waals surface area contributed by atoms with Crippen LogP contribution < -0.4 is 15.2 Å². The quantitative estimate of drug-likeness (QED) is 0.779. The number of hydrogen-bond acceptors (Lipinski definition) is 4. The molecule has 0 aromatic heterocycles. The summed E-state index contributed by atoms with van der Waals surface area (Å²) in [5, 5.41) is 9.32. The SMILES string of the molecule is COc1cccc(OC(CO)C(N)C2CC2)c1. The van der Waals surface area contributed by atoms with Crippen LogP contribution in [0.15, 0.2) is 24.3 Å². The van der Waals surface area contributed by atoms with Gasteiger partial charge < -0.3 is 20.3 Å². The molecule has 2 unspecified atom stereocenters. The lowest BCUT2D eigenvalue weighted by molar-refractivity contribution is 0.0880. The smallest absolute Gasteiger partial charge is 0.137 e. The Morgan fingerprint density at radius 2 is 2.12 bits per heavy atom. The molecule has 1 saturated carbocycles. The van der Waals surface area contributed by atoms with E-state index in [1.165, 1.54) is 0 Å². The van der Waals surface area contributed by atoms with Crippen molar-refractivity contribution in [3.05, 3.63) is 24.3 Å². The van der Waals surface area contributed by atoms with Gasteiger partial charge in [-0.1, -0.05) is 6.07 Å². The van der Waals surface area contributed by atoms with Gasteiger partial charge in [0.1, 0.15) is 17.6 Å². The standard InChI is InChI=1S/C13H19NO3/c1-16-10-3-2-4-11(7-10)17-12(8-15)13(14)9-5-6-9/h2-4,7,9,12-13,15H,5-6,8,14H2,1H3. The normalized spacial score (nSPS) is 18.5. The number of nitrogens with two attached hydrogens (primary N) is 1. The average molecular weight is 237 g/mol. The molecule has 1 fully saturated rings. The molecule has 0 spiro atoms. The lowest BCUT2D eigenvalue weighted by atomic mass is 10.1. The van der Waals surface area contributed by atoms with E-state index < -0.39 is 0 Å². The van der Waals surface area contributed by atoms with Crippen molar-refractivity contribution >= 4 is 0 Å². The van der Waals surface area contributed by atoms with Crippen LogP contribution >= 0.6 is 0 Å². The van der Waals surface area contributed by atoms with Gasteiger partial charge in [0.05, 0.1) is 13.7 Å². The number of rotatable bonds is 6. The Morgan fingerprint density at radius 3 is 2.71 bits per heavy atom. The summed E-state index contributed by atoms with van der Waals surface area (Å²) in [7, 11) is 1.61. The summed E-state index contributed by atoms with van der Waals surface area (Å²) >= 11 is 0. The van der Waals surface area contributed by atoms with Crippen LogP contribution in [0.1, 0.15) is 12.8 Å². The van der Waals surface area contributed by atoms with Crippen molar-refractivity contribution in [3.8, 4) is 11.5 Å². The van der Waals surface area contributed by atoms with E-state index >= 15 is 0 Å². The second kappa shape index (κ2) is 5.38. The first kappa shape index (κ1) is 12.2. The molecule has 0 radical (unpaired) electrons. The second-order valence-electron chi connectivity index (χ2n) is 4.43. The maximum absolute atomic E-state index is 9.32. The first-order valence-electron chi connectivity index (χ1n) is 5.91. The molecular weight excluding hydrogens is 218 g/mol. The Labute approximate surface area is 101 Å². The fraction of sp³-hybridized carbons (Fsp3) is 0.538. The molecule has 1 aliphatic rings. The average Bonchev–Trinajstić information content (AvgIpc) is 3.19. The molecule has 2 atom stereocenters. The minimum atomic E-state index is -0.338. The van der Waals surface area contributed by atoms with Crippen LogP contribution in [-0.4, -0.2) is 31.0 Å². The van der Waals surface area contributed by atoms with Gasteiger partial charge in [-0.3, -0.25) is 0 Å². The Bertz CT molecular complexity index is 365. The summed E-state index contributed by atoms with van der Waals surface area (Å²) < 4.78 is 10.8. The highest BCUT2D eigenvalue weighted by Crippen LogP contribution is 2.34. The third-order valence-corrected chi connectivity index (χ3v) is 3.10. The molecule has 0 bridgehead atoms. The van der Waals surface area contributed by atoms with Crippen molar-refractivity contribution in [2.75, 3.05) is 13.7 Å². The van der Waals surface area contributed by atoms with Gasteiger partial charge in [0.2, 0.25) is 0 Å². The van der Waals surface area contributed by atoms with E-state index in [0.717, 1.165) is 18.6 Å². The summed E-state index contributed by atoms with van der Waals surface area (Å²) in [6.45, 7) is -0.0606. The van der Waals surface area contributed by atoms with Crippen LogP contribution in [0, 0.1) is 5.92 Å². The Morgan fingerprint density at radius 1 is 1.41 bits per heavy atom. The number of methoxy groups -OCH3 is 1. The summed E-state index contributed by atoms with van der Waals surface area (Å²) in [4.78, 5) is 0. The molecule has 0 aliphatic heterocycles. The molecule has 4 nitrogen and oxygen atoms in total. The van der Waals surface area contributed by atoms with Crippen molar-refractivity contribution in [2.45, 2.75) is 25.0 Å². The predicted octanol–water partition coefficient (Wildman–Crippen LogP) is 1.17. The van der Waals surface area contributed by atoms with E-state index in [0.29, 0.717) is 11.7 Å². The zero-order chi connectivity index (χ0) is 12.3. The molecule has 17 heavy (non-hydrogen) atoms. The van der Waals surface area contributed by atoms with Gasteiger partial charge in [-0.15, -0.1) is 0 Å². The van der Waals surface area contributed by atoms with E-state index in [1.54, 1.807) is 13.2 Å². The number of ether oxygens (including phenoxy) is 2. The maximum atomic E-state index is 9.32. The minimum absolute atomic E-state index is 0.0606. The number of hydrogen-bond donors (Lipinski definition) is 2. The maximum Gasteiger partial charge on any atom is 0.137 e. The van der Waals surface area contributed by atoms with Crippen LogP contribution in [0.25, 0.3) is 0 Å². The molecule has 94 valence electrons. The number of aliphatic hydroxyl groups is 1. The molecule has 0 heterocycles. The fourth-order valence-electron chi connectivity index (χ4n) is 1.87. The highest BCUT2D eigenvalue weighted by atomic mass is 16.5. The minimum Gasteiger partial charge on any atom is -0.497 e. The molecule has 0 saturated heterocycles. The Balaban J connectivity index is 2.01. The molecule has 3 N–H and O–H groups in total. The van der Waals surface area contributed by atoms with Crippen LogP contribution in [0.3, 0.4) is 0 Å². The van der Waals surface area contributed by atoms with E-state index in [9.17, 15) is 5.11 Å². The monoisotopic (exact) mass is 237 g/mol. The summed E-state index contributed by atoms with van der Waals surface area (Å²) in [6.07, 6.45) is 1.94. The highest BCUT2D eigenvalue weighted by Gasteiger charge is 2.34. The van der Waals surface area contributed by atoms with Crippen LogP contribution in [-0.2, 0) is 0 Å². The molecule has 1 aromatic rings. The van der Waals surface area contributed by atoms with Crippen molar-refractivity contribution in [1.82, 2.24) is 0 Å². The Hall–Kier alpha value is -1.26. The first-order chi connectivity index (χ1) is 8.24.